The smallest absolute Gasteiger partial charge is 0.160 e. The second kappa shape index (κ2) is 7.81. The van der Waals surface area contributed by atoms with Crippen molar-refractivity contribution in [2.24, 2.45) is 0 Å². The Morgan fingerprint density at radius 3 is 2.95 bits per heavy atom. The van der Waals surface area contributed by atoms with Crippen molar-refractivity contribution in [1.82, 2.24) is 14.5 Å². The van der Waals surface area contributed by atoms with Gasteiger partial charge in [0, 0.05) is 38.3 Å². The van der Waals surface area contributed by atoms with Gasteiger partial charge in [0.2, 0.25) is 0 Å². The molecule has 0 bridgehead atoms. The number of alkyl halides is 1. The van der Waals surface area contributed by atoms with Gasteiger partial charge >= 0.3 is 0 Å². The van der Waals surface area contributed by atoms with Gasteiger partial charge in [0.25, 0.3) is 0 Å². The number of imidazole rings is 1. The normalized spacial score (nSPS) is 11.3. The quantitative estimate of drug-likeness (QED) is 0.551. The zero-order valence-electron chi connectivity index (χ0n) is 11.6. The van der Waals surface area contributed by atoms with Crippen LogP contribution in [-0.2, 0) is 17.7 Å². The van der Waals surface area contributed by atoms with Gasteiger partial charge in [-0.05, 0) is 18.9 Å². The molecular formula is C14H19Cl2N3O. The number of hydrogen-bond acceptors (Lipinski definition) is 3. The highest BCUT2D eigenvalue weighted by atomic mass is 35.5. The molecule has 0 unspecified atom stereocenters. The van der Waals surface area contributed by atoms with Crippen LogP contribution >= 0.6 is 23.2 Å². The third-order valence-electron chi connectivity index (χ3n) is 2.97. The summed E-state index contributed by atoms with van der Waals surface area (Å²) in [5.74, 6) is 1.50. The summed E-state index contributed by atoms with van der Waals surface area (Å²) in [6.45, 7) is 4.51. The zero-order chi connectivity index (χ0) is 14.4. The Hall–Kier alpha value is -0.840. The van der Waals surface area contributed by atoms with Crippen LogP contribution in [0, 0.1) is 0 Å². The Morgan fingerprint density at radius 1 is 1.35 bits per heavy atom. The number of fused-ring (bicyclic) bond motifs is 1. The Morgan fingerprint density at radius 2 is 2.20 bits per heavy atom. The SMILES string of the molecule is CCCOCCCn1c(CCCl)nc2cc(Cl)cnc21. The van der Waals surface area contributed by atoms with E-state index in [1.54, 1.807) is 6.20 Å². The summed E-state index contributed by atoms with van der Waals surface area (Å²) in [7, 11) is 0. The summed E-state index contributed by atoms with van der Waals surface area (Å²) in [6, 6.07) is 1.84. The van der Waals surface area contributed by atoms with Crippen LogP contribution in [0.25, 0.3) is 11.2 Å². The van der Waals surface area contributed by atoms with E-state index >= 15 is 0 Å². The summed E-state index contributed by atoms with van der Waals surface area (Å²) >= 11 is 11.8. The first-order valence-corrected chi connectivity index (χ1v) is 7.82. The fourth-order valence-corrected chi connectivity index (χ4v) is 2.44. The van der Waals surface area contributed by atoms with Crippen LogP contribution in [-0.4, -0.2) is 33.6 Å². The van der Waals surface area contributed by atoms with Crippen molar-refractivity contribution < 1.29 is 4.74 Å². The minimum atomic E-state index is 0.545. The highest BCUT2D eigenvalue weighted by molar-refractivity contribution is 6.31. The molecule has 20 heavy (non-hydrogen) atoms. The molecule has 2 rings (SSSR count). The number of pyridine rings is 1. The van der Waals surface area contributed by atoms with Gasteiger partial charge in [0.05, 0.1) is 5.02 Å². The van der Waals surface area contributed by atoms with Crippen molar-refractivity contribution in [3.8, 4) is 0 Å². The number of ether oxygens (including phenoxy) is 1. The molecule has 0 aliphatic heterocycles. The zero-order valence-corrected chi connectivity index (χ0v) is 13.1. The minimum Gasteiger partial charge on any atom is -0.381 e. The van der Waals surface area contributed by atoms with Crippen LogP contribution in [0.15, 0.2) is 12.3 Å². The van der Waals surface area contributed by atoms with E-state index in [9.17, 15) is 0 Å². The highest BCUT2D eigenvalue weighted by Crippen LogP contribution is 2.19. The van der Waals surface area contributed by atoms with Crippen molar-refractivity contribution in [2.45, 2.75) is 32.7 Å². The van der Waals surface area contributed by atoms with Crippen LogP contribution in [0.2, 0.25) is 5.02 Å². The second-order valence-corrected chi connectivity index (χ2v) is 5.40. The topological polar surface area (TPSA) is 39.9 Å². The first-order valence-electron chi connectivity index (χ1n) is 6.90. The Kier molecular flexibility index (Phi) is 6.07. The predicted molar refractivity (Wildman–Crippen MR) is 82.7 cm³/mol. The van der Waals surface area contributed by atoms with Gasteiger partial charge < -0.3 is 9.30 Å². The maximum Gasteiger partial charge on any atom is 0.160 e. The van der Waals surface area contributed by atoms with Gasteiger partial charge in [-0.25, -0.2) is 9.97 Å². The molecule has 0 aromatic carbocycles. The minimum absolute atomic E-state index is 0.545. The van der Waals surface area contributed by atoms with E-state index in [1.807, 2.05) is 6.07 Å². The van der Waals surface area contributed by atoms with E-state index in [2.05, 4.69) is 21.5 Å². The maximum atomic E-state index is 5.96. The molecule has 0 saturated heterocycles. The second-order valence-electron chi connectivity index (χ2n) is 4.58. The third kappa shape index (κ3) is 3.84. The fourth-order valence-electron chi connectivity index (χ4n) is 2.11. The van der Waals surface area contributed by atoms with Crippen LogP contribution in [0.1, 0.15) is 25.6 Å². The summed E-state index contributed by atoms with van der Waals surface area (Å²) in [4.78, 5) is 8.95. The van der Waals surface area contributed by atoms with Gasteiger partial charge in [-0.3, -0.25) is 0 Å². The van der Waals surface area contributed by atoms with E-state index in [0.717, 1.165) is 56.0 Å². The van der Waals surface area contributed by atoms with E-state index in [4.69, 9.17) is 27.9 Å². The third-order valence-corrected chi connectivity index (χ3v) is 3.36. The predicted octanol–water partition coefficient (Wildman–Crippen LogP) is 3.68. The number of halogens is 2. The van der Waals surface area contributed by atoms with Crippen LogP contribution in [0.3, 0.4) is 0 Å². The molecule has 2 heterocycles. The van der Waals surface area contributed by atoms with Crippen molar-refractivity contribution in [3.05, 3.63) is 23.1 Å². The van der Waals surface area contributed by atoms with Gasteiger partial charge in [0.15, 0.2) is 5.65 Å². The lowest BCUT2D eigenvalue weighted by molar-refractivity contribution is 0.129. The van der Waals surface area contributed by atoms with Gasteiger partial charge in [-0.15, -0.1) is 11.6 Å². The average molecular weight is 316 g/mol. The number of hydrogen-bond donors (Lipinski definition) is 0. The molecule has 0 aliphatic rings. The fraction of sp³-hybridized carbons (Fsp3) is 0.571. The molecule has 4 nitrogen and oxygen atoms in total. The van der Waals surface area contributed by atoms with Gasteiger partial charge in [0.1, 0.15) is 11.3 Å². The molecule has 0 atom stereocenters. The summed E-state index contributed by atoms with van der Waals surface area (Å²) in [6.07, 6.45) is 4.36. The summed E-state index contributed by atoms with van der Waals surface area (Å²) in [5, 5.41) is 0.603. The lowest BCUT2D eigenvalue weighted by Crippen LogP contribution is -2.08. The number of nitrogens with zero attached hydrogens (tertiary/aromatic N) is 3. The standard InChI is InChI=1S/C14H19Cl2N3O/c1-2-7-20-8-3-6-19-13(4-5-15)18-12-9-11(16)10-17-14(12)19/h9-10H,2-8H2,1H3. The first-order chi connectivity index (χ1) is 9.76. The van der Waals surface area contributed by atoms with Crippen molar-refractivity contribution >= 4 is 34.4 Å². The van der Waals surface area contributed by atoms with Crippen molar-refractivity contribution in [1.29, 1.82) is 0 Å². The number of aryl methyl sites for hydroxylation is 2. The van der Waals surface area contributed by atoms with Gasteiger partial charge in [-0.1, -0.05) is 18.5 Å². The van der Waals surface area contributed by atoms with Crippen LogP contribution < -0.4 is 0 Å². The van der Waals surface area contributed by atoms with E-state index in [0.29, 0.717) is 10.9 Å². The molecule has 0 aliphatic carbocycles. The summed E-state index contributed by atoms with van der Waals surface area (Å²) in [5.41, 5.74) is 1.69. The Labute approximate surface area is 129 Å². The van der Waals surface area contributed by atoms with Gasteiger partial charge in [-0.2, -0.15) is 0 Å². The maximum absolute atomic E-state index is 5.96. The molecule has 2 aromatic heterocycles. The first kappa shape index (κ1) is 15.5. The molecule has 0 fully saturated rings. The summed E-state index contributed by atoms with van der Waals surface area (Å²) < 4.78 is 7.63. The van der Waals surface area contributed by atoms with Crippen LogP contribution in [0.4, 0.5) is 0 Å². The number of aromatic nitrogens is 3. The lowest BCUT2D eigenvalue weighted by atomic mass is 10.4. The molecule has 2 aromatic rings. The van der Waals surface area contributed by atoms with Crippen molar-refractivity contribution in [2.75, 3.05) is 19.1 Å². The van der Waals surface area contributed by atoms with Crippen molar-refractivity contribution in [3.63, 3.8) is 0 Å². The van der Waals surface area contributed by atoms with E-state index < -0.39 is 0 Å². The monoisotopic (exact) mass is 315 g/mol. The molecule has 0 N–H and O–H groups in total. The Balaban J connectivity index is 2.13. The average Bonchev–Trinajstić information content (AvgIpc) is 2.76. The molecule has 0 spiro atoms. The lowest BCUT2D eigenvalue weighted by Gasteiger charge is -2.08. The molecule has 0 radical (unpaired) electrons. The molecule has 6 heteroatoms. The van der Waals surface area contributed by atoms with Crippen LogP contribution in [0.5, 0.6) is 0 Å². The number of rotatable bonds is 8. The molecular weight excluding hydrogens is 297 g/mol. The Bertz CT molecular complexity index is 557. The molecule has 110 valence electrons. The highest BCUT2D eigenvalue weighted by Gasteiger charge is 2.11. The largest absolute Gasteiger partial charge is 0.381 e. The molecule has 0 saturated carbocycles. The van der Waals surface area contributed by atoms with E-state index in [1.165, 1.54) is 0 Å². The van der Waals surface area contributed by atoms with E-state index in [-0.39, 0.29) is 0 Å². The molecule has 0 amide bonds.